The summed E-state index contributed by atoms with van der Waals surface area (Å²) in [7, 11) is 0. The van der Waals surface area contributed by atoms with Gasteiger partial charge in [-0.15, -0.1) is 0 Å². The first-order valence-corrected chi connectivity index (χ1v) is 33.5. The summed E-state index contributed by atoms with van der Waals surface area (Å²) in [4.78, 5) is 4.00. The van der Waals surface area contributed by atoms with Gasteiger partial charge in [0.2, 0.25) is 0 Å². The molecule has 87 heavy (non-hydrogen) atoms. The van der Waals surface area contributed by atoms with E-state index in [1.54, 1.807) is 23.5 Å². The molecular weight excluding hydrogens is 1120 g/mol. The van der Waals surface area contributed by atoms with E-state index in [-0.39, 0.29) is 106 Å². The summed E-state index contributed by atoms with van der Waals surface area (Å²) < 4.78 is 0. The number of phenols is 6. The Balaban J connectivity index is 1.22. The molecule has 0 saturated heterocycles. The smallest absolute Gasteiger partial charge is 0.188 e. The lowest BCUT2D eigenvalue weighted by atomic mass is 9.81. The summed E-state index contributed by atoms with van der Waals surface area (Å²) in [6.07, 6.45) is 1.08. The van der Waals surface area contributed by atoms with Gasteiger partial charge in [0.15, 0.2) is 5.79 Å². The Morgan fingerprint density at radius 2 is 0.483 bits per heavy atom. The van der Waals surface area contributed by atoms with Crippen molar-refractivity contribution in [1.82, 2.24) is 9.80 Å². The van der Waals surface area contributed by atoms with E-state index in [0.717, 1.165) is 55.6 Å². The number of hydrogen-bond donors (Lipinski definition) is 8. The topological polar surface area (TPSA) is 168 Å². The Hall–Kier alpha value is -5.34. The molecule has 0 amide bonds. The highest BCUT2D eigenvalue weighted by atomic mass is 32.2. The zero-order valence-electron chi connectivity index (χ0n) is 55.6. The first-order valence-electron chi connectivity index (χ1n) is 31.2. The van der Waals surface area contributed by atoms with Crippen LogP contribution in [0.4, 0.5) is 0 Å². The minimum atomic E-state index is -2.32. The lowest BCUT2D eigenvalue weighted by molar-refractivity contribution is -0.187. The molecule has 2 heterocycles. The monoisotopic (exact) mass is 1220 g/mol. The molecule has 8 rings (SSSR count). The Morgan fingerprint density at radius 3 is 0.701 bits per heavy atom. The van der Waals surface area contributed by atoms with Gasteiger partial charge in [-0.25, -0.2) is 0 Å². The Bertz CT molecular complexity index is 3280. The normalized spacial score (nSPS) is 16.1. The summed E-state index contributed by atoms with van der Waals surface area (Å²) >= 11 is 3.29. The Kier molecular flexibility index (Phi) is 19.5. The van der Waals surface area contributed by atoms with Gasteiger partial charge >= 0.3 is 0 Å². The average Bonchev–Trinajstić information content (AvgIpc) is 1.47. The first-order chi connectivity index (χ1) is 40.0. The highest BCUT2D eigenvalue weighted by Crippen LogP contribution is 2.44. The van der Waals surface area contributed by atoms with Crippen molar-refractivity contribution in [2.45, 2.75) is 213 Å². The van der Waals surface area contributed by atoms with E-state index in [2.05, 4.69) is 161 Å². The minimum absolute atomic E-state index is 0.0903. The van der Waals surface area contributed by atoms with Crippen LogP contribution >= 0.6 is 23.5 Å². The number of fused-ring (bicyclic) bond motifs is 12. The van der Waals surface area contributed by atoms with Gasteiger partial charge in [-0.3, -0.25) is 9.80 Å². The summed E-state index contributed by atoms with van der Waals surface area (Å²) in [5.41, 5.74) is 12.9. The van der Waals surface area contributed by atoms with Crippen molar-refractivity contribution in [3.8, 4) is 34.5 Å². The Labute approximate surface area is 529 Å². The van der Waals surface area contributed by atoms with Gasteiger partial charge < -0.3 is 40.9 Å². The molecule has 0 aliphatic carbocycles. The van der Waals surface area contributed by atoms with Crippen molar-refractivity contribution < 1.29 is 40.9 Å². The minimum Gasteiger partial charge on any atom is -0.507 e. The van der Waals surface area contributed by atoms with Crippen LogP contribution in [0.1, 0.15) is 225 Å². The molecule has 0 saturated carbocycles. The molecule has 472 valence electrons. The SMILES string of the molecule is CC(C)(C)c1cc2c(O)c(c1)Cc1cc(C(C)(C)C)cc(c1O)Cc1cc(C(C)(C)C)cc(c1O)CN(CC(O)(O)CN1CCSCc3cc(C(C)(C)C)cc(c3O)Cc3cc(C(C)(C)C)cc(c3O)Cc3cc(C(C)(C)C)cc(c3O)C1)CCSC2. The van der Waals surface area contributed by atoms with Crippen molar-refractivity contribution in [3.05, 3.63) is 173 Å². The van der Waals surface area contributed by atoms with Crippen molar-refractivity contribution in [3.63, 3.8) is 0 Å². The fraction of sp³-hybridized carbons (Fsp3) is 0.520. The molecule has 2 aliphatic heterocycles. The quantitative estimate of drug-likeness (QED) is 0.0788. The standard InChI is InChI=1S/C75H102N2O8S2/c1-69(2,3)57-27-45-23-49-31-59(71(7,8)9)35-53(65(49)80)39-76(19-21-86-41-55-37-61(73(13,14)15)33-51(67(55)82)25-47(29-57)63(45)78)43-75(84,85)44-77-20-22-87-42-56-38-62(74(16,17)18)34-52(68(56)83)26-48-30-58(70(4,5)6)28-46(64(48)79)24-50-32-60(72(10,11)12)36-54(40-77)66(50)81/h27-38,78-85H,19-26,39-44H2,1-18H3. The second-order valence-corrected chi connectivity index (χ2v) is 33.8. The third-order valence-electron chi connectivity index (χ3n) is 17.7. The van der Waals surface area contributed by atoms with Crippen LogP contribution in [-0.2, 0) is 82.8 Å². The molecule has 0 aromatic heterocycles. The van der Waals surface area contributed by atoms with E-state index >= 15 is 0 Å². The third kappa shape index (κ3) is 16.4. The zero-order chi connectivity index (χ0) is 64.3. The molecule has 0 fully saturated rings. The van der Waals surface area contributed by atoms with Crippen LogP contribution in [0.25, 0.3) is 0 Å². The fourth-order valence-corrected chi connectivity index (χ4v) is 13.9. The van der Waals surface area contributed by atoms with E-state index < -0.39 is 5.79 Å². The van der Waals surface area contributed by atoms with Crippen molar-refractivity contribution in [1.29, 1.82) is 0 Å². The molecular formula is C75H102N2O8S2. The molecule has 0 atom stereocenters. The maximum Gasteiger partial charge on any atom is 0.188 e. The predicted molar refractivity (Wildman–Crippen MR) is 362 cm³/mol. The van der Waals surface area contributed by atoms with E-state index in [1.807, 2.05) is 46.2 Å². The van der Waals surface area contributed by atoms with Crippen LogP contribution in [0.5, 0.6) is 34.5 Å². The highest BCUT2D eigenvalue weighted by molar-refractivity contribution is 7.98. The van der Waals surface area contributed by atoms with Crippen LogP contribution in [0.3, 0.4) is 0 Å². The van der Waals surface area contributed by atoms with E-state index in [1.165, 1.54) is 0 Å². The fourth-order valence-electron chi connectivity index (χ4n) is 11.9. The molecule has 12 bridgehead atoms. The number of hydrogen-bond acceptors (Lipinski definition) is 12. The summed E-state index contributed by atoms with van der Waals surface area (Å²) in [6, 6.07) is 24.6. The van der Waals surface area contributed by atoms with Crippen LogP contribution in [-0.4, -0.2) is 94.1 Å². The number of rotatable bonds is 4. The maximum atomic E-state index is 12.7. The van der Waals surface area contributed by atoms with Crippen LogP contribution < -0.4 is 0 Å². The van der Waals surface area contributed by atoms with Crippen molar-refractivity contribution in [2.24, 2.45) is 0 Å². The molecule has 0 spiro atoms. The molecule has 0 radical (unpaired) electrons. The number of phenolic OH excluding ortho intramolecular Hbond substituents is 6. The maximum absolute atomic E-state index is 12.7. The van der Waals surface area contributed by atoms with E-state index in [4.69, 9.17) is 0 Å². The van der Waals surface area contributed by atoms with Gasteiger partial charge in [-0.1, -0.05) is 197 Å². The number of aliphatic hydroxyl groups is 2. The van der Waals surface area contributed by atoms with Gasteiger partial charge in [0.05, 0.1) is 13.1 Å². The highest BCUT2D eigenvalue weighted by Gasteiger charge is 2.34. The first kappa shape index (κ1) is 67.6. The van der Waals surface area contributed by atoms with Crippen LogP contribution in [0, 0.1) is 0 Å². The van der Waals surface area contributed by atoms with Gasteiger partial charge in [0.1, 0.15) is 34.5 Å². The lowest BCUT2D eigenvalue weighted by Gasteiger charge is -2.35. The summed E-state index contributed by atoms with van der Waals surface area (Å²) in [5.74, 6) is 0.622. The van der Waals surface area contributed by atoms with Gasteiger partial charge in [-0.05, 0) is 110 Å². The molecule has 10 nitrogen and oxygen atoms in total. The van der Waals surface area contributed by atoms with Crippen LogP contribution in [0.2, 0.25) is 0 Å². The van der Waals surface area contributed by atoms with Crippen LogP contribution in [0.15, 0.2) is 72.8 Å². The summed E-state index contributed by atoms with van der Waals surface area (Å²) in [5, 5.41) is 99.4. The van der Waals surface area contributed by atoms with Gasteiger partial charge in [-0.2, -0.15) is 23.5 Å². The van der Waals surface area contributed by atoms with E-state index in [0.29, 0.717) is 93.5 Å². The predicted octanol–water partition coefficient (Wildman–Crippen LogP) is 15.5. The second-order valence-electron chi connectivity index (χ2n) is 31.6. The molecule has 6 aromatic carbocycles. The number of benzene rings is 6. The average molecular weight is 1220 g/mol. The number of nitrogens with zero attached hydrogens (tertiary/aromatic N) is 2. The lowest BCUT2D eigenvalue weighted by Crippen LogP contribution is -2.51. The molecule has 0 unspecified atom stereocenters. The second kappa shape index (κ2) is 25.1. The summed E-state index contributed by atoms with van der Waals surface area (Å²) in [6.45, 7) is 39.5. The van der Waals surface area contributed by atoms with Crippen molar-refractivity contribution >= 4 is 23.5 Å². The Morgan fingerprint density at radius 1 is 0.299 bits per heavy atom. The third-order valence-corrected chi connectivity index (χ3v) is 19.7. The zero-order valence-corrected chi connectivity index (χ0v) is 57.2. The molecule has 12 heteroatoms. The number of thioether (sulfide) groups is 2. The molecule has 8 N–H and O–H groups in total. The largest absolute Gasteiger partial charge is 0.507 e. The van der Waals surface area contributed by atoms with Gasteiger partial charge in [0.25, 0.3) is 0 Å². The van der Waals surface area contributed by atoms with Crippen molar-refractivity contribution in [2.75, 3.05) is 37.7 Å². The molecule has 6 aromatic rings. The number of β-amino-alcohol motifs (C(OH)–C–C–N with tert-alkyl or cyclic N) is 2. The van der Waals surface area contributed by atoms with Gasteiger partial charge in [0, 0.05) is 97.1 Å². The van der Waals surface area contributed by atoms with E-state index in [9.17, 15) is 40.9 Å². The number of aromatic hydroxyl groups is 6. The molecule has 2 aliphatic rings.